The van der Waals surface area contributed by atoms with E-state index in [4.69, 9.17) is 5.73 Å². The first-order valence-corrected chi connectivity index (χ1v) is 11.2. The number of hydrogen-bond acceptors (Lipinski definition) is 6. The molecule has 1 aliphatic carbocycles. The molecule has 0 amide bonds. The van der Waals surface area contributed by atoms with Crippen LogP contribution in [0.3, 0.4) is 0 Å². The van der Waals surface area contributed by atoms with Crippen molar-refractivity contribution in [1.82, 2.24) is 9.88 Å². The van der Waals surface area contributed by atoms with Crippen molar-refractivity contribution in [3.63, 3.8) is 0 Å². The van der Waals surface area contributed by atoms with Gasteiger partial charge < -0.3 is 16.4 Å². The zero-order valence-electron chi connectivity index (χ0n) is 17.7. The molecule has 4 rings (SSSR count). The fourth-order valence-electron chi connectivity index (χ4n) is 4.80. The van der Waals surface area contributed by atoms with E-state index in [0.29, 0.717) is 24.8 Å². The van der Waals surface area contributed by atoms with Crippen molar-refractivity contribution in [1.29, 1.82) is 5.26 Å². The van der Waals surface area contributed by atoms with Crippen LogP contribution in [0.5, 0.6) is 0 Å². The molecule has 6 heteroatoms. The minimum absolute atomic E-state index is 0.521. The number of pyridine rings is 1. The van der Waals surface area contributed by atoms with Crippen molar-refractivity contribution >= 4 is 11.5 Å². The van der Waals surface area contributed by atoms with Gasteiger partial charge in [0.2, 0.25) is 0 Å². The molecular formula is C24H32N6. The Balaban J connectivity index is 1.67. The number of nitrogens with zero attached hydrogens (tertiary/aromatic N) is 3. The number of nitrogens with two attached hydrogens (primary N) is 1. The van der Waals surface area contributed by atoms with Gasteiger partial charge in [-0.3, -0.25) is 4.90 Å². The molecule has 0 saturated heterocycles. The summed E-state index contributed by atoms with van der Waals surface area (Å²) >= 11 is 0. The van der Waals surface area contributed by atoms with Gasteiger partial charge in [-0.05, 0) is 36.0 Å². The van der Waals surface area contributed by atoms with E-state index >= 15 is 0 Å². The third-order valence-corrected chi connectivity index (χ3v) is 6.37. The summed E-state index contributed by atoms with van der Waals surface area (Å²) in [5.74, 6) is 0.747. The number of benzene rings is 1. The standard InChI is InChI=1S/C24H32N6/c25-12-13-27-24-23(28-16-18-7-3-1-4-8-18)21-17-30(19-9-5-2-6-10-19)14-11-20(21)22(15-26)29-24/h1,3-4,7-8,19,28H,2,5-6,9-14,16-17,25H2,(H,27,29). The van der Waals surface area contributed by atoms with Gasteiger partial charge in [-0.15, -0.1) is 0 Å². The van der Waals surface area contributed by atoms with Crippen LogP contribution in [0.1, 0.15) is 54.5 Å². The Morgan fingerprint density at radius 3 is 2.63 bits per heavy atom. The second-order valence-electron chi connectivity index (χ2n) is 8.32. The SMILES string of the molecule is N#Cc1nc(NCCN)c(NCc2ccccc2)c2c1CCN(C1CCCCC1)C2. The maximum atomic E-state index is 9.76. The molecule has 158 valence electrons. The lowest BCUT2D eigenvalue weighted by Crippen LogP contribution is -2.41. The maximum absolute atomic E-state index is 9.76. The molecule has 0 atom stereocenters. The molecule has 2 aromatic rings. The molecule has 1 aliphatic heterocycles. The summed E-state index contributed by atoms with van der Waals surface area (Å²) < 4.78 is 0. The van der Waals surface area contributed by atoms with Crippen molar-refractivity contribution in [3.8, 4) is 6.07 Å². The highest BCUT2D eigenvalue weighted by atomic mass is 15.2. The molecule has 1 fully saturated rings. The average molecular weight is 405 g/mol. The van der Waals surface area contributed by atoms with E-state index < -0.39 is 0 Å². The molecule has 0 spiro atoms. The Hall–Kier alpha value is -2.62. The van der Waals surface area contributed by atoms with Crippen LogP contribution < -0.4 is 16.4 Å². The first-order chi connectivity index (χ1) is 14.8. The lowest BCUT2D eigenvalue weighted by Gasteiger charge is -2.38. The van der Waals surface area contributed by atoms with E-state index in [1.54, 1.807) is 0 Å². The van der Waals surface area contributed by atoms with Gasteiger partial charge in [0.15, 0.2) is 5.82 Å². The molecule has 1 saturated carbocycles. The zero-order valence-corrected chi connectivity index (χ0v) is 17.7. The lowest BCUT2D eigenvalue weighted by atomic mass is 9.90. The third kappa shape index (κ3) is 4.58. The Morgan fingerprint density at radius 1 is 1.10 bits per heavy atom. The van der Waals surface area contributed by atoms with E-state index in [2.05, 4.69) is 50.9 Å². The van der Waals surface area contributed by atoms with E-state index in [1.165, 1.54) is 43.2 Å². The molecule has 6 nitrogen and oxygen atoms in total. The summed E-state index contributed by atoms with van der Waals surface area (Å²) in [6.45, 7) is 3.77. The summed E-state index contributed by atoms with van der Waals surface area (Å²) in [5, 5.41) is 16.7. The molecule has 2 aliphatic rings. The monoisotopic (exact) mass is 404 g/mol. The van der Waals surface area contributed by atoms with Crippen LogP contribution in [0.2, 0.25) is 0 Å². The van der Waals surface area contributed by atoms with E-state index in [0.717, 1.165) is 43.1 Å². The largest absolute Gasteiger partial charge is 0.378 e. The van der Waals surface area contributed by atoms with Crippen molar-refractivity contribution in [2.75, 3.05) is 30.3 Å². The van der Waals surface area contributed by atoms with Gasteiger partial charge in [-0.2, -0.15) is 5.26 Å². The number of fused-ring (bicyclic) bond motifs is 1. The van der Waals surface area contributed by atoms with Gasteiger partial charge in [0.05, 0.1) is 5.69 Å². The summed E-state index contributed by atoms with van der Waals surface area (Å²) in [7, 11) is 0. The predicted molar refractivity (Wildman–Crippen MR) is 121 cm³/mol. The Labute approximate surface area is 179 Å². The van der Waals surface area contributed by atoms with Crippen LogP contribution in [0.4, 0.5) is 11.5 Å². The number of rotatable bonds is 7. The quantitative estimate of drug-likeness (QED) is 0.653. The zero-order chi connectivity index (χ0) is 20.8. The van der Waals surface area contributed by atoms with Gasteiger partial charge in [0, 0.05) is 38.8 Å². The minimum atomic E-state index is 0.521. The normalized spacial score (nSPS) is 17.2. The highest BCUT2D eigenvalue weighted by molar-refractivity contribution is 5.72. The van der Waals surface area contributed by atoms with Gasteiger partial charge in [0.1, 0.15) is 11.8 Å². The molecule has 0 bridgehead atoms. The average Bonchev–Trinajstić information content (AvgIpc) is 2.82. The molecule has 1 aromatic heterocycles. The highest BCUT2D eigenvalue weighted by Gasteiger charge is 2.29. The van der Waals surface area contributed by atoms with Gasteiger partial charge in [0.25, 0.3) is 0 Å². The van der Waals surface area contributed by atoms with Crippen LogP contribution in [-0.4, -0.2) is 35.6 Å². The Morgan fingerprint density at radius 2 is 1.90 bits per heavy atom. The summed E-state index contributed by atoms with van der Waals surface area (Å²) in [6, 6.07) is 13.4. The Bertz CT molecular complexity index is 883. The number of aromatic nitrogens is 1. The van der Waals surface area contributed by atoms with Crippen LogP contribution in [0.25, 0.3) is 0 Å². The fraction of sp³-hybridized carbons (Fsp3) is 0.500. The van der Waals surface area contributed by atoms with Crippen molar-refractivity contribution in [3.05, 3.63) is 52.7 Å². The number of anilines is 2. The van der Waals surface area contributed by atoms with Gasteiger partial charge >= 0.3 is 0 Å². The van der Waals surface area contributed by atoms with Gasteiger partial charge in [-0.1, -0.05) is 49.6 Å². The topological polar surface area (TPSA) is 90.0 Å². The summed E-state index contributed by atoms with van der Waals surface area (Å²) in [5.41, 5.74) is 10.9. The van der Waals surface area contributed by atoms with Crippen LogP contribution in [0.15, 0.2) is 30.3 Å². The number of nitrogens with one attached hydrogen (secondary N) is 2. The molecule has 0 radical (unpaired) electrons. The molecule has 2 heterocycles. The molecule has 0 unspecified atom stereocenters. The second-order valence-corrected chi connectivity index (χ2v) is 8.32. The smallest absolute Gasteiger partial charge is 0.151 e. The second kappa shape index (κ2) is 9.92. The molecule has 1 aromatic carbocycles. The predicted octanol–water partition coefficient (Wildman–Crippen LogP) is 3.63. The van der Waals surface area contributed by atoms with Crippen LogP contribution >= 0.6 is 0 Å². The highest BCUT2D eigenvalue weighted by Crippen LogP contribution is 2.36. The first kappa shape index (κ1) is 20.6. The third-order valence-electron chi connectivity index (χ3n) is 6.37. The number of nitriles is 1. The maximum Gasteiger partial charge on any atom is 0.151 e. The van der Waals surface area contributed by atoms with Crippen LogP contribution in [0, 0.1) is 11.3 Å². The lowest BCUT2D eigenvalue weighted by molar-refractivity contribution is 0.141. The number of hydrogen-bond donors (Lipinski definition) is 3. The van der Waals surface area contributed by atoms with Gasteiger partial charge in [-0.25, -0.2) is 4.98 Å². The molecule has 30 heavy (non-hydrogen) atoms. The van der Waals surface area contributed by atoms with Crippen molar-refractivity contribution in [2.24, 2.45) is 5.73 Å². The van der Waals surface area contributed by atoms with Crippen LogP contribution in [-0.2, 0) is 19.5 Å². The first-order valence-electron chi connectivity index (χ1n) is 11.2. The summed E-state index contributed by atoms with van der Waals surface area (Å²) in [6.07, 6.45) is 7.49. The molecular weight excluding hydrogens is 372 g/mol. The van der Waals surface area contributed by atoms with Crippen molar-refractivity contribution in [2.45, 2.75) is 57.7 Å². The summed E-state index contributed by atoms with van der Waals surface area (Å²) in [4.78, 5) is 7.31. The van der Waals surface area contributed by atoms with E-state index in [1.807, 2.05) is 6.07 Å². The van der Waals surface area contributed by atoms with Crippen molar-refractivity contribution < 1.29 is 0 Å². The van der Waals surface area contributed by atoms with E-state index in [9.17, 15) is 5.26 Å². The Kier molecular flexibility index (Phi) is 6.83. The fourth-order valence-corrected chi connectivity index (χ4v) is 4.80. The minimum Gasteiger partial charge on any atom is -0.378 e. The van der Waals surface area contributed by atoms with E-state index in [-0.39, 0.29) is 0 Å². The molecule has 4 N–H and O–H groups in total.